The Kier molecular flexibility index (Phi) is 2.98. The highest BCUT2D eigenvalue weighted by molar-refractivity contribution is 9.10. The van der Waals surface area contributed by atoms with Gasteiger partial charge in [-0.2, -0.15) is 0 Å². The fourth-order valence-corrected chi connectivity index (χ4v) is 2.01. The largest absolute Gasteiger partial charge is 0.465 e. The number of furan rings is 1. The molecule has 0 atom stereocenters. The molecule has 1 aromatic heterocycles. The highest BCUT2D eigenvalue weighted by Gasteiger charge is 2.15. The third-order valence-electron chi connectivity index (χ3n) is 2.24. The van der Waals surface area contributed by atoms with Gasteiger partial charge in [-0.15, -0.1) is 0 Å². The number of nitrogens with two attached hydrogens (primary N) is 1. The van der Waals surface area contributed by atoms with E-state index in [1.54, 1.807) is 6.07 Å². The van der Waals surface area contributed by atoms with Crippen molar-refractivity contribution in [3.05, 3.63) is 34.0 Å². The Morgan fingerprint density at radius 1 is 1.50 bits per heavy atom. The minimum Gasteiger partial charge on any atom is -0.465 e. The van der Waals surface area contributed by atoms with Gasteiger partial charge in [0.2, 0.25) is 0 Å². The first kappa shape index (κ1) is 11.2. The van der Waals surface area contributed by atoms with E-state index in [4.69, 9.17) is 14.9 Å². The van der Waals surface area contributed by atoms with Crippen LogP contribution in [0, 0.1) is 0 Å². The van der Waals surface area contributed by atoms with Gasteiger partial charge in [-0.3, -0.25) is 0 Å². The molecule has 0 radical (unpaired) electrons. The number of fused-ring (bicyclic) bond motifs is 1. The van der Waals surface area contributed by atoms with Crippen molar-refractivity contribution in [1.82, 2.24) is 0 Å². The summed E-state index contributed by atoms with van der Waals surface area (Å²) < 4.78 is 11.0. The predicted molar refractivity (Wildman–Crippen MR) is 63.1 cm³/mol. The Bertz CT molecular complexity index is 547. The van der Waals surface area contributed by atoms with Gasteiger partial charge in [-0.05, 0) is 18.2 Å². The molecule has 84 valence electrons. The van der Waals surface area contributed by atoms with E-state index in [1.807, 2.05) is 12.1 Å². The summed E-state index contributed by atoms with van der Waals surface area (Å²) in [5.74, 6) is 0.211. The maximum Gasteiger partial charge on any atom is 0.341 e. The quantitative estimate of drug-likeness (QED) is 0.860. The van der Waals surface area contributed by atoms with E-state index in [0.29, 0.717) is 23.5 Å². The maximum absolute atomic E-state index is 11.5. The monoisotopic (exact) mass is 283 g/mol. The van der Waals surface area contributed by atoms with Crippen molar-refractivity contribution in [1.29, 1.82) is 0 Å². The molecule has 0 aliphatic heterocycles. The summed E-state index contributed by atoms with van der Waals surface area (Å²) in [7, 11) is 1.34. The molecule has 0 fully saturated rings. The molecule has 0 bridgehead atoms. The fraction of sp³-hybridized carbons (Fsp3) is 0.182. The number of carbonyl (C=O) groups is 1. The normalized spacial score (nSPS) is 10.7. The number of ether oxygens (including phenoxy) is 1. The third-order valence-corrected chi connectivity index (χ3v) is 2.70. The van der Waals surface area contributed by atoms with Gasteiger partial charge in [0, 0.05) is 9.86 Å². The molecule has 1 heterocycles. The number of rotatable bonds is 2. The summed E-state index contributed by atoms with van der Waals surface area (Å²) in [5, 5.41) is 0.829. The lowest BCUT2D eigenvalue weighted by Crippen LogP contribution is -2.01. The van der Waals surface area contributed by atoms with Crippen LogP contribution in [0.25, 0.3) is 11.0 Å². The zero-order valence-corrected chi connectivity index (χ0v) is 10.2. The van der Waals surface area contributed by atoms with Crippen molar-refractivity contribution in [3.8, 4) is 0 Å². The van der Waals surface area contributed by atoms with E-state index in [2.05, 4.69) is 15.9 Å². The van der Waals surface area contributed by atoms with Gasteiger partial charge in [0.15, 0.2) is 0 Å². The molecular formula is C11H10BrNO3. The summed E-state index contributed by atoms with van der Waals surface area (Å²) in [5.41, 5.74) is 6.39. The Balaban J connectivity index is 2.70. The summed E-state index contributed by atoms with van der Waals surface area (Å²) in [6.07, 6.45) is 0. The van der Waals surface area contributed by atoms with Crippen LogP contribution in [-0.2, 0) is 11.3 Å². The molecule has 1 aromatic carbocycles. The lowest BCUT2D eigenvalue weighted by Gasteiger charge is -2.00. The van der Waals surface area contributed by atoms with Crippen LogP contribution in [-0.4, -0.2) is 13.1 Å². The number of hydrogen-bond acceptors (Lipinski definition) is 4. The average molecular weight is 284 g/mol. The summed E-state index contributed by atoms with van der Waals surface area (Å²) in [4.78, 5) is 11.5. The van der Waals surface area contributed by atoms with Gasteiger partial charge in [-0.1, -0.05) is 15.9 Å². The van der Waals surface area contributed by atoms with Crippen LogP contribution in [0.4, 0.5) is 0 Å². The zero-order chi connectivity index (χ0) is 11.7. The van der Waals surface area contributed by atoms with Crippen molar-refractivity contribution in [2.45, 2.75) is 6.54 Å². The fourth-order valence-electron chi connectivity index (χ4n) is 1.53. The summed E-state index contributed by atoms with van der Waals surface area (Å²) in [6.45, 7) is 0.299. The average Bonchev–Trinajstić information content (AvgIpc) is 2.69. The van der Waals surface area contributed by atoms with E-state index in [1.165, 1.54) is 7.11 Å². The van der Waals surface area contributed by atoms with Gasteiger partial charge in [-0.25, -0.2) is 4.79 Å². The minimum atomic E-state index is -0.427. The van der Waals surface area contributed by atoms with Crippen LogP contribution in [0.2, 0.25) is 0 Å². The molecule has 0 spiro atoms. The first-order valence-corrected chi connectivity index (χ1v) is 5.45. The minimum absolute atomic E-state index is 0.299. The second kappa shape index (κ2) is 4.27. The summed E-state index contributed by atoms with van der Waals surface area (Å²) in [6, 6.07) is 5.34. The van der Waals surface area contributed by atoms with Crippen LogP contribution >= 0.6 is 15.9 Å². The van der Waals surface area contributed by atoms with E-state index >= 15 is 0 Å². The molecule has 5 heteroatoms. The van der Waals surface area contributed by atoms with Crippen LogP contribution in [0.5, 0.6) is 0 Å². The Hall–Kier alpha value is -1.33. The number of benzene rings is 1. The van der Waals surface area contributed by atoms with Crippen LogP contribution in [0.15, 0.2) is 27.1 Å². The van der Waals surface area contributed by atoms with Gasteiger partial charge < -0.3 is 14.9 Å². The smallest absolute Gasteiger partial charge is 0.341 e. The molecule has 0 amide bonds. The molecule has 0 aliphatic carbocycles. The maximum atomic E-state index is 11.5. The SMILES string of the molecule is COC(=O)c1cc(Br)cc2cc(CN)oc12. The molecule has 2 aromatic rings. The number of esters is 1. The summed E-state index contributed by atoms with van der Waals surface area (Å²) >= 11 is 3.33. The van der Waals surface area contributed by atoms with Crippen molar-refractivity contribution < 1.29 is 13.9 Å². The topological polar surface area (TPSA) is 65.5 Å². The highest BCUT2D eigenvalue weighted by Crippen LogP contribution is 2.27. The second-order valence-corrected chi connectivity index (χ2v) is 4.20. The molecule has 4 nitrogen and oxygen atoms in total. The van der Waals surface area contributed by atoms with E-state index < -0.39 is 5.97 Å². The molecule has 0 aliphatic rings. The van der Waals surface area contributed by atoms with Crippen molar-refractivity contribution >= 4 is 32.9 Å². The molecule has 2 rings (SSSR count). The van der Waals surface area contributed by atoms with Gasteiger partial charge in [0.05, 0.1) is 13.7 Å². The van der Waals surface area contributed by atoms with Crippen molar-refractivity contribution in [2.24, 2.45) is 5.73 Å². The van der Waals surface area contributed by atoms with Crippen LogP contribution in [0.3, 0.4) is 0 Å². The van der Waals surface area contributed by atoms with Crippen molar-refractivity contribution in [3.63, 3.8) is 0 Å². The van der Waals surface area contributed by atoms with Gasteiger partial charge in [0.25, 0.3) is 0 Å². The van der Waals surface area contributed by atoms with Crippen molar-refractivity contribution in [2.75, 3.05) is 7.11 Å². The third kappa shape index (κ3) is 1.83. The second-order valence-electron chi connectivity index (χ2n) is 3.28. The van der Waals surface area contributed by atoms with E-state index in [9.17, 15) is 4.79 Å². The van der Waals surface area contributed by atoms with E-state index in [-0.39, 0.29) is 0 Å². The Morgan fingerprint density at radius 2 is 2.25 bits per heavy atom. The van der Waals surface area contributed by atoms with E-state index in [0.717, 1.165) is 9.86 Å². The van der Waals surface area contributed by atoms with Gasteiger partial charge in [0.1, 0.15) is 16.9 Å². The molecule has 2 N–H and O–H groups in total. The predicted octanol–water partition coefficient (Wildman–Crippen LogP) is 2.44. The lowest BCUT2D eigenvalue weighted by molar-refractivity contribution is 0.0601. The first-order chi connectivity index (χ1) is 7.65. The number of hydrogen-bond donors (Lipinski definition) is 1. The lowest BCUT2D eigenvalue weighted by atomic mass is 10.1. The number of halogens is 1. The molecule has 16 heavy (non-hydrogen) atoms. The molecular weight excluding hydrogens is 274 g/mol. The number of methoxy groups -OCH3 is 1. The molecule has 0 saturated heterocycles. The Labute approximate surface area is 100 Å². The first-order valence-electron chi connectivity index (χ1n) is 4.66. The molecule has 0 saturated carbocycles. The van der Waals surface area contributed by atoms with Crippen LogP contribution in [0.1, 0.15) is 16.1 Å². The standard InChI is InChI=1S/C11H10BrNO3/c1-15-11(14)9-4-7(12)2-6-3-8(5-13)16-10(6)9/h2-4H,5,13H2,1H3. The van der Waals surface area contributed by atoms with Crippen LogP contribution < -0.4 is 5.73 Å². The Morgan fingerprint density at radius 3 is 2.88 bits per heavy atom. The highest BCUT2D eigenvalue weighted by atomic mass is 79.9. The zero-order valence-electron chi connectivity index (χ0n) is 8.62. The van der Waals surface area contributed by atoms with Gasteiger partial charge >= 0.3 is 5.97 Å². The molecule has 0 unspecified atom stereocenters. The number of carbonyl (C=O) groups excluding carboxylic acids is 1.